The lowest BCUT2D eigenvalue weighted by Gasteiger charge is -2.17. The van der Waals surface area contributed by atoms with Gasteiger partial charge in [-0.3, -0.25) is 9.98 Å². The molecule has 0 fully saturated rings. The van der Waals surface area contributed by atoms with Gasteiger partial charge in [0, 0.05) is 17.8 Å². The zero-order chi connectivity index (χ0) is 21.7. The van der Waals surface area contributed by atoms with E-state index in [0.29, 0.717) is 17.4 Å². The molecule has 2 aromatic rings. The molecule has 0 N–H and O–H groups in total. The molecule has 0 saturated carbocycles. The molecule has 0 aromatic heterocycles. The second kappa shape index (κ2) is 9.65. The molecule has 152 valence electrons. The standard InChI is InChI=1S/C26H33N3/c1-16(2)23-10-9-11-24(17(3)4)26(23)29-21(8)14-20(7)28-25-18(5)12-22(15-27)13-19(25)6/h9-13,16-17H,14H2,1-8H3. The first-order chi connectivity index (χ1) is 13.6. The molecule has 0 heterocycles. The number of rotatable bonds is 6. The second-order valence-corrected chi connectivity index (χ2v) is 8.54. The van der Waals surface area contributed by atoms with Crippen LogP contribution in [0.5, 0.6) is 0 Å². The van der Waals surface area contributed by atoms with Gasteiger partial charge in [-0.2, -0.15) is 5.26 Å². The van der Waals surface area contributed by atoms with Gasteiger partial charge in [-0.1, -0.05) is 45.9 Å². The van der Waals surface area contributed by atoms with Crippen molar-refractivity contribution < 1.29 is 0 Å². The Kier molecular flexibility index (Phi) is 7.51. The summed E-state index contributed by atoms with van der Waals surface area (Å²) in [7, 11) is 0. The van der Waals surface area contributed by atoms with Crippen molar-refractivity contribution in [3.05, 3.63) is 58.1 Å². The first-order valence-corrected chi connectivity index (χ1v) is 10.4. The van der Waals surface area contributed by atoms with E-state index in [2.05, 4.69) is 58.9 Å². The first-order valence-electron chi connectivity index (χ1n) is 10.4. The largest absolute Gasteiger partial charge is 0.257 e. The average Bonchev–Trinajstić information content (AvgIpc) is 2.64. The van der Waals surface area contributed by atoms with Crippen LogP contribution in [0.4, 0.5) is 11.4 Å². The molecule has 0 aliphatic rings. The Balaban J connectivity index is 2.38. The van der Waals surface area contributed by atoms with E-state index in [1.807, 2.05) is 32.9 Å². The maximum atomic E-state index is 9.14. The van der Waals surface area contributed by atoms with Gasteiger partial charge < -0.3 is 0 Å². The topological polar surface area (TPSA) is 48.5 Å². The summed E-state index contributed by atoms with van der Waals surface area (Å²) >= 11 is 0. The third-order valence-corrected chi connectivity index (χ3v) is 5.08. The van der Waals surface area contributed by atoms with E-state index in [1.165, 1.54) is 11.1 Å². The van der Waals surface area contributed by atoms with Crippen LogP contribution in [-0.2, 0) is 0 Å². The van der Waals surface area contributed by atoms with Crippen LogP contribution in [0.2, 0.25) is 0 Å². The van der Waals surface area contributed by atoms with E-state index in [9.17, 15) is 0 Å². The molecule has 2 aromatic carbocycles. The van der Waals surface area contributed by atoms with Gasteiger partial charge in [0.05, 0.1) is 23.0 Å². The highest BCUT2D eigenvalue weighted by Crippen LogP contribution is 2.35. The summed E-state index contributed by atoms with van der Waals surface area (Å²) in [6.45, 7) is 17.0. The molecule has 3 heteroatoms. The van der Waals surface area contributed by atoms with E-state index in [1.54, 1.807) is 0 Å². The highest BCUT2D eigenvalue weighted by atomic mass is 14.8. The minimum atomic E-state index is 0.430. The van der Waals surface area contributed by atoms with Crippen LogP contribution in [0, 0.1) is 25.2 Å². The molecule has 0 atom stereocenters. The zero-order valence-electron chi connectivity index (χ0n) is 19.1. The number of nitriles is 1. The Morgan fingerprint density at radius 1 is 0.862 bits per heavy atom. The molecule has 3 nitrogen and oxygen atoms in total. The molecular formula is C26H33N3. The van der Waals surface area contributed by atoms with Crippen molar-refractivity contribution in [2.45, 2.75) is 73.6 Å². The third kappa shape index (κ3) is 5.64. The summed E-state index contributed by atoms with van der Waals surface area (Å²) in [5.74, 6) is 0.859. The van der Waals surface area contributed by atoms with E-state index < -0.39 is 0 Å². The Hall–Kier alpha value is -2.73. The molecule has 0 saturated heterocycles. The molecule has 0 aliphatic carbocycles. The molecule has 0 radical (unpaired) electrons. The Bertz CT molecular complexity index is 936. The van der Waals surface area contributed by atoms with E-state index in [-0.39, 0.29) is 0 Å². The molecule has 0 spiro atoms. The van der Waals surface area contributed by atoms with Gasteiger partial charge in [0.15, 0.2) is 0 Å². The van der Waals surface area contributed by atoms with Gasteiger partial charge in [-0.25, -0.2) is 0 Å². The number of benzene rings is 2. The lowest BCUT2D eigenvalue weighted by Crippen LogP contribution is -2.03. The van der Waals surface area contributed by atoms with Crippen LogP contribution in [0.3, 0.4) is 0 Å². The Morgan fingerprint density at radius 2 is 1.31 bits per heavy atom. The number of aliphatic imine (C=N–C) groups is 2. The zero-order valence-corrected chi connectivity index (χ0v) is 19.1. The fraction of sp³-hybridized carbons (Fsp3) is 0.423. The van der Waals surface area contributed by atoms with Gasteiger partial charge in [0.2, 0.25) is 0 Å². The van der Waals surface area contributed by atoms with Gasteiger partial charge >= 0.3 is 0 Å². The maximum Gasteiger partial charge on any atom is 0.0991 e. The van der Waals surface area contributed by atoms with Crippen molar-refractivity contribution >= 4 is 22.8 Å². The third-order valence-electron chi connectivity index (χ3n) is 5.08. The smallest absolute Gasteiger partial charge is 0.0991 e. The van der Waals surface area contributed by atoms with Crippen LogP contribution in [0.1, 0.15) is 87.6 Å². The fourth-order valence-corrected chi connectivity index (χ4v) is 3.67. The number of hydrogen-bond donors (Lipinski definition) is 0. The van der Waals surface area contributed by atoms with E-state index in [0.717, 1.165) is 40.3 Å². The van der Waals surface area contributed by atoms with Gasteiger partial charge in [0.1, 0.15) is 0 Å². The summed E-state index contributed by atoms with van der Waals surface area (Å²) in [5.41, 5.74) is 9.49. The van der Waals surface area contributed by atoms with Crippen molar-refractivity contribution in [3.8, 4) is 6.07 Å². The maximum absolute atomic E-state index is 9.14. The lowest BCUT2D eigenvalue weighted by molar-refractivity contribution is 0.834. The van der Waals surface area contributed by atoms with Crippen LogP contribution in [0.25, 0.3) is 0 Å². The predicted octanol–water partition coefficient (Wildman–Crippen LogP) is 7.70. The van der Waals surface area contributed by atoms with Gasteiger partial charge in [0.25, 0.3) is 0 Å². The van der Waals surface area contributed by atoms with E-state index in [4.69, 9.17) is 15.2 Å². The predicted molar refractivity (Wildman–Crippen MR) is 125 cm³/mol. The molecular weight excluding hydrogens is 354 g/mol. The van der Waals surface area contributed by atoms with Crippen molar-refractivity contribution in [1.82, 2.24) is 0 Å². The minimum absolute atomic E-state index is 0.430. The highest BCUT2D eigenvalue weighted by molar-refractivity contribution is 6.04. The van der Waals surface area contributed by atoms with E-state index >= 15 is 0 Å². The van der Waals surface area contributed by atoms with Crippen molar-refractivity contribution in [3.63, 3.8) is 0 Å². The molecule has 0 aliphatic heterocycles. The number of nitrogens with zero attached hydrogens (tertiary/aromatic N) is 3. The highest BCUT2D eigenvalue weighted by Gasteiger charge is 2.13. The summed E-state index contributed by atoms with van der Waals surface area (Å²) < 4.78 is 0. The van der Waals surface area contributed by atoms with Crippen LogP contribution >= 0.6 is 0 Å². The lowest BCUT2D eigenvalue weighted by atomic mass is 9.93. The average molecular weight is 388 g/mol. The molecule has 2 rings (SSSR count). The van der Waals surface area contributed by atoms with Gasteiger partial charge in [-0.05, 0) is 73.9 Å². The second-order valence-electron chi connectivity index (χ2n) is 8.54. The number of para-hydroxylation sites is 1. The molecule has 29 heavy (non-hydrogen) atoms. The Morgan fingerprint density at radius 3 is 1.72 bits per heavy atom. The monoisotopic (exact) mass is 387 g/mol. The van der Waals surface area contributed by atoms with Crippen molar-refractivity contribution in [2.24, 2.45) is 9.98 Å². The quantitative estimate of drug-likeness (QED) is 0.468. The van der Waals surface area contributed by atoms with Crippen LogP contribution < -0.4 is 0 Å². The van der Waals surface area contributed by atoms with Crippen molar-refractivity contribution in [2.75, 3.05) is 0 Å². The fourth-order valence-electron chi connectivity index (χ4n) is 3.67. The van der Waals surface area contributed by atoms with Gasteiger partial charge in [-0.15, -0.1) is 0 Å². The van der Waals surface area contributed by atoms with Crippen molar-refractivity contribution in [1.29, 1.82) is 5.26 Å². The summed E-state index contributed by atoms with van der Waals surface area (Å²) in [5, 5.41) is 9.14. The summed E-state index contributed by atoms with van der Waals surface area (Å²) in [4.78, 5) is 9.90. The molecule has 0 unspecified atom stereocenters. The van der Waals surface area contributed by atoms with Crippen LogP contribution in [0.15, 0.2) is 40.3 Å². The molecule has 0 amide bonds. The summed E-state index contributed by atoms with van der Waals surface area (Å²) in [6, 6.07) is 12.5. The first kappa shape index (κ1) is 22.6. The number of hydrogen-bond acceptors (Lipinski definition) is 3. The minimum Gasteiger partial charge on any atom is -0.257 e. The van der Waals surface area contributed by atoms with Crippen LogP contribution in [-0.4, -0.2) is 11.4 Å². The SMILES string of the molecule is CC(CC(C)=Nc1c(C(C)C)cccc1C(C)C)=Nc1c(C)cc(C#N)cc1C. The summed E-state index contributed by atoms with van der Waals surface area (Å²) in [6.07, 6.45) is 0.725. The Labute approximate surface area is 176 Å². The molecule has 0 bridgehead atoms. The number of aryl methyl sites for hydroxylation is 2. The normalized spacial score (nSPS) is 12.6.